The molecule has 3 nitrogen and oxygen atoms in total. The van der Waals surface area contributed by atoms with Crippen molar-refractivity contribution in [3.63, 3.8) is 0 Å². The Morgan fingerprint density at radius 3 is 2.86 bits per heavy atom. The smallest absolute Gasteiger partial charge is 0.263 e. The van der Waals surface area contributed by atoms with Crippen molar-refractivity contribution >= 4 is 45.1 Å². The highest BCUT2D eigenvalue weighted by Gasteiger charge is 2.16. The van der Waals surface area contributed by atoms with Crippen molar-refractivity contribution < 1.29 is 0 Å². The van der Waals surface area contributed by atoms with E-state index < -0.39 is 0 Å². The van der Waals surface area contributed by atoms with Crippen molar-refractivity contribution in [2.75, 3.05) is 0 Å². The Hall–Kier alpha value is -1.24. The van der Waals surface area contributed by atoms with Crippen LogP contribution in [0.4, 0.5) is 0 Å². The molecule has 3 aromatic heterocycles. The lowest BCUT2D eigenvalue weighted by Gasteiger charge is -2.15. The maximum Gasteiger partial charge on any atom is 0.263 e. The molecule has 0 bridgehead atoms. The lowest BCUT2D eigenvalue weighted by Crippen LogP contribution is -2.26. The lowest BCUT2D eigenvalue weighted by molar-refractivity contribution is 0.517. The summed E-state index contributed by atoms with van der Waals surface area (Å²) in [6, 6.07) is 2.14. The molecule has 0 amide bonds. The normalized spacial score (nSPS) is 12.9. The molecule has 3 rings (SSSR count). The van der Waals surface area contributed by atoms with E-state index in [1.165, 1.54) is 5.56 Å². The summed E-state index contributed by atoms with van der Waals surface area (Å²) in [4.78, 5) is 18.1. The van der Waals surface area contributed by atoms with Crippen LogP contribution in [0.5, 0.6) is 0 Å². The van der Waals surface area contributed by atoms with Gasteiger partial charge in [-0.3, -0.25) is 9.36 Å². The highest BCUT2D eigenvalue weighted by atomic mass is 32.1. The van der Waals surface area contributed by atoms with E-state index in [-0.39, 0.29) is 11.6 Å². The molecule has 21 heavy (non-hydrogen) atoms. The minimum Gasteiger partial charge on any atom is -0.323 e. The second kappa shape index (κ2) is 5.51. The van der Waals surface area contributed by atoms with E-state index in [0.717, 1.165) is 27.1 Å². The molecule has 0 saturated heterocycles. The number of H-pyrrole nitrogens is 1. The van der Waals surface area contributed by atoms with E-state index in [0.29, 0.717) is 4.77 Å². The third-order valence-electron chi connectivity index (χ3n) is 3.81. The summed E-state index contributed by atoms with van der Waals surface area (Å²) in [5.74, 6) is 0. The number of rotatable bonds is 3. The fourth-order valence-electron chi connectivity index (χ4n) is 2.58. The van der Waals surface area contributed by atoms with Crippen molar-refractivity contribution in [3.8, 4) is 0 Å². The van der Waals surface area contributed by atoms with E-state index >= 15 is 0 Å². The second-order valence-corrected chi connectivity index (χ2v) is 7.67. The number of nitrogens with zero attached hydrogens (tertiary/aromatic N) is 1. The van der Waals surface area contributed by atoms with Gasteiger partial charge in [0.25, 0.3) is 5.56 Å². The van der Waals surface area contributed by atoms with Gasteiger partial charge in [-0.25, -0.2) is 0 Å². The summed E-state index contributed by atoms with van der Waals surface area (Å²) < 4.78 is 2.23. The van der Waals surface area contributed by atoms with Gasteiger partial charge >= 0.3 is 0 Å². The molecule has 6 heteroatoms. The third kappa shape index (κ3) is 2.52. The van der Waals surface area contributed by atoms with Crippen LogP contribution in [0, 0.1) is 18.6 Å². The minimum absolute atomic E-state index is 0.0262. The van der Waals surface area contributed by atoms with E-state index in [9.17, 15) is 4.79 Å². The number of hydrogen-bond donors (Lipinski definition) is 1. The summed E-state index contributed by atoms with van der Waals surface area (Å²) in [5.41, 5.74) is 2.33. The molecule has 1 atom stereocenters. The molecule has 0 aliphatic rings. The Bertz CT molecular complexity index is 900. The number of aromatic nitrogens is 2. The van der Waals surface area contributed by atoms with E-state index in [1.807, 2.05) is 20.8 Å². The Balaban J connectivity index is 2.16. The van der Waals surface area contributed by atoms with Crippen LogP contribution in [-0.2, 0) is 6.42 Å². The second-order valence-electron chi connectivity index (χ2n) is 5.28. The first-order valence-electron chi connectivity index (χ1n) is 6.74. The SMILES string of the molecule is Cc1sc2[nH]c(=S)n(C(C)Cc3ccsc3)c(=O)c2c1C. The first kappa shape index (κ1) is 14.7. The number of thiophene rings is 2. The minimum atomic E-state index is 0.0262. The van der Waals surface area contributed by atoms with Gasteiger partial charge in [0.05, 0.1) is 5.39 Å². The largest absolute Gasteiger partial charge is 0.323 e. The van der Waals surface area contributed by atoms with Crippen LogP contribution in [0.3, 0.4) is 0 Å². The van der Waals surface area contributed by atoms with Gasteiger partial charge < -0.3 is 4.98 Å². The first-order valence-corrected chi connectivity index (χ1v) is 8.91. The number of hydrogen-bond acceptors (Lipinski definition) is 4. The van der Waals surface area contributed by atoms with Crippen LogP contribution >= 0.6 is 34.9 Å². The highest BCUT2D eigenvalue weighted by Crippen LogP contribution is 2.26. The molecule has 0 radical (unpaired) electrons. The average molecular weight is 337 g/mol. The fourth-order valence-corrected chi connectivity index (χ4v) is 4.75. The van der Waals surface area contributed by atoms with E-state index in [2.05, 4.69) is 21.8 Å². The fraction of sp³-hybridized carbons (Fsp3) is 0.333. The van der Waals surface area contributed by atoms with Gasteiger partial charge in [-0.15, -0.1) is 11.3 Å². The predicted molar refractivity (Wildman–Crippen MR) is 93.5 cm³/mol. The van der Waals surface area contributed by atoms with Gasteiger partial charge in [0.2, 0.25) is 0 Å². The quantitative estimate of drug-likeness (QED) is 0.710. The van der Waals surface area contributed by atoms with Crippen molar-refractivity contribution in [1.82, 2.24) is 9.55 Å². The zero-order valence-electron chi connectivity index (χ0n) is 12.1. The Labute approximate surface area is 135 Å². The van der Waals surface area contributed by atoms with Gasteiger partial charge in [-0.2, -0.15) is 11.3 Å². The highest BCUT2D eigenvalue weighted by molar-refractivity contribution is 7.71. The molecule has 1 N–H and O–H groups in total. The molecule has 0 fully saturated rings. The van der Waals surface area contributed by atoms with Crippen LogP contribution in [0.2, 0.25) is 0 Å². The molecule has 1 unspecified atom stereocenters. The summed E-state index contributed by atoms with van der Waals surface area (Å²) in [6.07, 6.45) is 0.814. The van der Waals surface area contributed by atoms with Crippen LogP contribution in [0.25, 0.3) is 10.2 Å². The average Bonchev–Trinajstić information content (AvgIpc) is 2.99. The van der Waals surface area contributed by atoms with Crippen LogP contribution in [-0.4, -0.2) is 9.55 Å². The summed E-state index contributed by atoms with van der Waals surface area (Å²) in [7, 11) is 0. The van der Waals surface area contributed by atoms with Gasteiger partial charge in [-0.1, -0.05) is 0 Å². The first-order chi connectivity index (χ1) is 9.99. The van der Waals surface area contributed by atoms with Crippen molar-refractivity contribution in [2.24, 2.45) is 0 Å². The summed E-state index contributed by atoms with van der Waals surface area (Å²) >= 11 is 8.68. The number of aromatic amines is 1. The Morgan fingerprint density at radius 2 is 2.19 bits per heavy atom. The number of nitrogens with one attached hydrogen (secondary N) is 1. The maximum atomic E-state index is 12.8. The number of fused-ring (bicyclic) bond motifs is 1. The molecular formula is C15H16N2OS3. The topological polar surface area (TPSA) is 37.8 Å². The van der Waals surface area contributed by atoms with Gasteiger partial charge in [-0.05, 0) is 67.4 Å². The van der Waals surface area contributed by atoms with Gasteiger partial charge in [0.1, 0.15) is 4.83 Å². The lowest BCUT2D eigenvalue weighted by atomic mass is 10.1. The molecule has 0 aliphatic carbocycles. The molecule has 0 aromatic carbocycles. The van der Waals surface area contributed by atoms with Gasteiger partial charge in [0.15, 0.2) is 4.77 Å². The molecule has 3 aromatic rings. The van der Waals surface area contributed by atoms with E-state index in [4.69, 9.17) is 12.2 Å². The van der Waals surface area contributed by atoms with Crippen molar-refractivity contribution in [2.45, 2.75) is 33.2 Å². The Morgan fingerprint density at radius 1 is 1.43 bits per heavy atom. The molecule has 110 valence electrons. The third-order valence-corrected chi connectivity index (χ3v) is 5.96. The van der Waals surface area contributed by atoms with Crippen molar-refractivity contribution in [3.05, 3.63) is 48.0 Å². The Kier molecular flexibility index (Phi) is 3.86. The molecule has 0 aliphatic heterocycles. The summed E-state index contributed by atoms with van der Waals surface area (Å²) in [5, 5.41) is 4.96. The zero-order chi connectivity index (χ0) is 15.1. The monoisotopic (exact) mass is 336 g/mol. The number of aryl methyl sites for hydroxylation is 2. The predicted octanol–water partition coefficient (Wildman–Crippen LogP) is 4.60. The van der Waals surface area contributed by atoms with Gasteiger partial charge in [0, 0.05) is 10.9 Å². The van der Waals surface area contributed by atoms with Crippen LogP contribution in [0.1, 0.15) is 29.0 Å². The summed E-state index contributed by atoms with van der Waals surface area (Å²) in [6.45, 7) is 6.08. The van der Waals surface area contributed by atoms with Crippen LogP contribution < -0.4 is 5.56 Å². The molecule has 3 heterocycles. The van der Waals surface area contributed by atoms with Crippen LogP contribution in [0.15, 0.2) is 21.6 Å². The maximum absolute atomic E-state index is 12.8. The molecular weight excluding hydrogens is 320 g/mol. The standard InChI is InChI=1S/C15H16N2OS3/c1-8(6-11-4-5-20-7-11)17-14(18)12-9(2)10(3)21-13(12)16-15(17)19/h4-5,7-8H,6H2,1-3H3,(H,16,19). The molecule has 0 spiro atoms. The van der Waals surface area contributed by atoms with Crippen molar-refractivity contribution in [1.29, 1.82) is 0 Å². The van der Waals surface area contributed by atoms with E-state index in [1.54, 1.807) is 27.2 Å². The molecule has 0 saturated carbocycles. The zero-order valence-corrected chi connectivity index (χ0v) is 14.5.